The smallest absolute Gasteiger partial charge is 0.252 e. The molecule has 0 radical (unpaired) electrons. The fraction of sp³-hybridized carbons (Fsp3) is 0.500. The predicted molar refractivity (Wildman–Crippen MR) is 83.5 cm³/mol. The molecule has 0 aliphatic heterocycles. The Morgan fingerprint density at radius 2 is 2.14 bits per heavy atom. The summed E-state index contributed by atoms with van der Waals surface area (Å²) in [5, 5.41) is 7.89. The summed E-state index contributed by atoms with van der Waals surface area (Å²) in [5.41, 5.74) is 8.78. The Morgan fingerprint density at radius 3 is 2.86 bits per heavy atom. The van der Waals surface area contributed by atoms with Crippen LogP contribution in [0.1, 0.15) is 48.7 Å². The van der Waals surface area contributed by atoms with Gasteiger partial charge in [-0.15, -0.1) is 0 Å². The molecule has 3 rings (SSSR count). The molecule has 1 fully saturated rings. The number of nitrogens with two attached hydrogens (primary N) is 1. The maximum atomic E-state index is 11.7. The molecule has 112 valence electrons. The van der Waals surface area contributed by atoms with Gasteiger partial charge in [0, 0.05) is 11.7 Å². The number of primary amides is 1. The lowest BCUT2D eigenvalue weighted by Crippen LogP contribution is -2.31. The second-order valence-electron chi connectivity index (χ2n) is 6.08. The van der Waals surface area contributed by atoms with Crippen molar-refractivity contribution in [2.75, 3.05) is 5.32 Å². The fourth-order valence-corrected chi connectivity index (χ4v) is 3.25. The number of hydrogen-bond donors (Lipinski definition) is 2. The van der Waals surface area contributed by atoms with Crippen molar-refractivity contribution in [1.82, 2.24) is 9.61 Å². The summed E-state index contributed by atoms with van der Waals surface area (Å²) in [5.74, 6) is 0.165. The fourth-order valence-electron chi connectivity index (χ4n) is 3.25. The van der Waals surface area contributed by atoms with Crippen molar-refractivity contribution in [3.05, 3.63) is 29.6 Å². The van der Waals surface area contributed by atoms with Crippen molar-refractivity contribution in [3.8, 4) is 0 Å². The van der Waals surface area contributed by atoms with E-state index in [1.165, 1.54) is 19.3 Å². The minimum absolute atomic E-state index is 0.387. The van der Waals surface area contributed by atoms with Gasteiger partial charge in [0.25, 0.3) is 5.91 Å². The lowest BCUT2D eigenvalue weighted by Gasteiger charge is -2.31. The summed E-state index contributed by atoms with van der Waals surface area (Å²) in [4.78, 5) is 11.7. The van der Waals surface area contributed by atoms with E-state index in [1.807, 2.05) is 23.6 Å². The highest BCUT2D eigenvalue weighted by molar-refractivity contribution is 6.01. The third-order valence-corrected chi connectivity index (χ3v) is 4.58. The van der Waals surface area contributed by atoms with E-state index >= 15 is 0 Å². The number of anilines is 1. The van der Waals surface area contributed by atoms with Gasteiger partial charge in [-0.2, -0.15) is 5.10 Å². The lowest BCUT2D eigenvalue weighted by atomic mass is 9.85. The first kappa shape index (κ1) is 13.9. The first-order chi connectivity index (χ1) is 10.1. The van der Waals surface area contributed by atoms with Crippen LogP contribution in [0.25, 0.3) is 5.52 Å². The Bertz CT molecular complexity index is 676. The van der Waals surface area contributed by atoms with Crippen molar-refractivity contribution in [1.29, 1.82) is 0 Å². The van der Waals surface area contributed by atoms with E-state index < -0.39 is 5.91 Å². The third-order valence-electron chi connectivity index (χ3n) is 4.58. The second kappa shape index (κ2) is 5.39. The summed E-state index contributed by atoms with van der Waals surface area (Å²) < 4.78 is 1.85. The summed E-state index contributed by atoms with van der Waals surface area (Å²) in [7, 11) is 0. The highest BCUT2D eigenvalue weighted by Crippen LogP contribution is 2.30. The topological polar surface area (TPSA) is 72.4 Å². The van der Waals surface area contributed by atoms with Crippen LogP contribution in [0.15, 0.2) is 18.3 Å². The number of amides is 1. The lowest BCUT2D eigenvalue weighted by molar-refractivity contribution is 0.100. The number of hydrogen-bond acceptors (Lipinski definition) is 3. The van der Waals surface area contributed by atoms with Gasteiger partial charge in [0.2, 0.25) is 0 Å². The SMILES string of the molecule is Cc1ccc2c(N[C@H]3CCCC[C@H]3C)c(C(N)=O)cnn12. The van der Waals surface area contributed by atoms with Gasteiger partial charge < -0.3 is 11.1 Å². The van der Waals surface area contributed by atoms with Crippen molar-refractivity contribution in [2.24, 2.45) is 11.7 Å². The van der Waals surface area contributed by atoms with E-state index in [0.29, 0.717) is 17.5 Å². The largest absolute Gasteiger partial charge is 0.380 e. The summed E-state index contributed by atoms with van der Waals surface area (Å²) in [6.07, 6.45) is 6.45. The number of fused-ring (bicyclic) bond motifs is 1. The molecule has 1 amide bonds. The Morgan fingerprint density at radius 1 is 1.38 bits per heavy atom. The van der Waals surface area contributed by atoms with Crippen LogP contribution < -0.4 is 11.1 Å². The van der Waals surface area contributed by atoms with Gasteiger partial charge in [-0.25, -0.2) is 4.52 Å². The Kier molecular flexibility index (Phi) is 3.57. The standard InChI is InChI=1S/C16H22N4O/c1-10-5-3-4-6-13(10)19-15-12(16(17)21)9-18-20-11(2)7-8-14(15)20/h7-10,13,19H,3-6H2,1-2H3,(H2,17,21)/t10-,13+/m1/s1. The van der Waals surface area contributed by atoms with Crippen LogP contribution in [-0.2, 0) is 0 Å². The molecule has 2 heterocycles. The van der Waals surface area contributed by atoms with Crippen LogP contribution in [-0.4, -0.2) is 21.6 Å². The van der Waals surface area contributed by atoms with Crippen molar-refractivity contribution in [2.45, 2.75) is 45.6 Å². The molecular formula is C16H22N4O. The van der Waals surface area contributed by atoms with E-state index in [1.54, 1.807) is 6.20 Å². The van der Waals surface area contributed by atoms with Crippen molar-refractivity contribution in [3.63, 3.8) is 0 Å². The van der Waals surface area contributed by atoms with E-state index in [4.69, 9.17) is 5.73 Å². The van der Waals surface area contributed by atoms with Crippen LogP contribution in [0.5, 0.6) is 0 Å². The van der Waals surface area contributed by atoms with Gasteiger partial charge in [0.15, 0.2) is 0 Å². The average Bonchev–Trinajstić information content (AvgIpc) is 2.83. The zero-order valence-electron chi connectivity index (χ0n) is 12.6. The van der Waals surface area contributed by atoms with Gasteiger partial charge in [-0.3, -0.25) is 4.79 Å². The second-order valence-corrected chi connectivity index (χ2v) is 6.08. The molecule has 2 aromatic heterocycles. The summed E-state index contributed by atoms with van der Waals surface area (Å²) >= 11 is 0. The van der Waals surface area contributed by atoms with Gasteiger partial charge >= 0.3 is 0 Å². The maximum absolute atomic E-state index is 11.7. The minimum atomic E-state index is -0.435. The molecule has 0 unspecified atom stereocenters. The van der Waals surface area contributed by atoms with Gasteiger partial charge in [0.05, 0.1) is 23.0 Å². The molecule has 5 heteroatoms. The quantitative estimate of drug-likeness (QED) is 0.911. The molecule has 2 atom stereocenters. The molecule has 21 heavy (non-hydrogen) atoms. The summed E-state index contributed by atoms with van der Waals surface area (Å²) in [6, 6.07) is 4.38. The van der Waals surface area contributed by atoms with Gasteiger partial charge in [0.1, 0.15) is 0 Å². The molecule has 1 saturated carbocycles. The number of nitrogens with one attached hydrogen (secondary N) is 1. The van der Waals surface area contributed by atoms with Crippen LogP contribution in [0, 0.1) is 12.8 Å². The van der Waals surface area contributed by atoms with E-state index in [2.05, 4.69) is 17.3 Å². The first-order valence-corrected chi connectivity index (χ1v) is 7.61. The predicted octanol–water partition coefficient (Wildman–Crippen LogP) is 2.73. The molecule has 2 aromatic rings. The number of rotatable bonds is 3. The molecule has 1 aliphatic carbocycles. The van der Waals surface area contributed by atoms with E-state index in [0.717, 1.165) is 23.3 Å². The van der Waals surface area contributed by atoms with E-state index in [-0.39, 0.29) is 0 Å². The number of carbonyl (C=O) groups is 1. The van der Waals surface area contributed by atoms with E-state index in [9.17, 15) is 4.79 Å². The van der Waals surface area contributed by atoms with Crippen molar-refractivity contribution >= 4 is 17.1 Å². The molecule has 0 saturated heterocycles. The third kappa shape index (κ3) is 2.48. The van der Waals surface area contributed by atoms with Gasteiger partial charge in [-0.1, -0.05) is 19.8 Å². The molecule has 3 N–H and O–H groups in total. The Balaban J connectivity index is 2.05. The normalized spacial score (nSPS) is 22.4. The van der Waals surface area contributed by atoms with Crippen LogP contribution >= 0.6 is 0 Å². The monoisotopic (exact) mass is 286 g/mol. The van der Waals surface area contributed by atoms with Crippen molar-refractivity contribution < 1.29 is 4.79 Å². The number of carbonyl (C=O) groups excluding carboxylic acids is 1. The highest BCUT2D eigenvalue weighted by atomic mass is 16.1. The molecule has 0 aromatic carbocycles. The highest BCUT2D eigenvalue weighted by Gasteiger charge is 2.24. The number of aromatic nitrogens is 2. The Hall–Kier alpha value is -2.04. The maximum Gasteiger partial charge on any atom is 0.252 e. The average molecular weight is 286 g/mol. The Labute approximate surface area is 124 Å². The van der Waals surface area contributed by atoms with Crippen LogP contribution in [0.2, 0.25) is 0 Å². The molecule has 1 aliphatic rings. The molecular weight excluding hydrogens is 264 g/mol. The molecule has 0 spiro atoms. The molecule has 0 bridgehead atoms. The van der Waals surface area contributed by atoms with Gasteiger partial charge in [-0.05, 0) is 37.8 Å². The van der Waals surface area contributed by atoms with Crippen LogP contribution in [0.4, 0.5) is 5.69 Å². The molecule has 5 nitrogen and oxygen atoms in total. The first-order valence-electron chi connectivity index (χ1n) is 7.61. The number of nitrogens with zero attached hydrogens (tertiary/aromatic N) is 2. The summed E-state index contributed by atoms with van der Waals surface area (Å²) in [6.45, 7) is 4.26. The zero-order chi connectivity index (χ0) is 15.0. The zero-order valence-corrected chi connectivity index (χ0v) is 12.6. The van der Waals surface area contributed by atoms with Crippen LogP contribution in [0.3, 0.4) is 0 Å². The number of aryl methyl sites for hydroxylation is 1. The minimum Gasteiger partial charge on any atom is -0.380 e.